The molecule has 1 fully saturated rings. The van der Waals surface area contributed by atoms with E-state index in [0.717, 1.165) is 18.7 Å². The molecule has 0 aliphatic carbocycles. The lowest BCUT2D eigenvalue weighted by atomic mass is 10.0. The van der Waals surface area contributed by atoms with Crippen molar-refractivity contribution in [2.24, 2.45) is 5.92 Å². The first-order valence-corrected chi connectivity index (χ1v) is 5.84. The van der Waals surface area contributed by atoms with E-state index in [1.807, 2.05) is 6.07 Å². The number of hydrogen-bond donors (Lipinski definition) is 2. The van der Waals surface area contributed by atoms with Crippen molar-refractivity contribution >= 4 is 11.4 Å². The molecule has 2 rings (SSSR count). The zero-order valence-corrected chi connectivity index (χ0v) is 9.93. The van der Waals surface area contributed by atoms with Crippen LogP contribution in [0.1, 0.15) is 18.9 Å². The Morgan fingerprint density at radius 1 is 1.59 bits per heavy atom. The van der Waals surface area contributed by atoms with Gasteiger partial charge in [-0.15, -0.1) is 0 Å². The second-order valence-electron chi connectivity index (χ2n) is 4.59. The molecule has 1 saturated heterocycles. The van der Waals surface area contributed by atoms with Gasteiger partial charge in [0.25, 0.3) is 0 Å². The van der Waals surface area contributed by atoms with Crippen molar-refractivity contribution in [3.8, 4) is 6.07 Å². The van der Waals surface area contributed by atoms with Crippen molar-refractivity contribution in [1.82, 2.24) is 0 Å². The van der Waals surface area contributed by atoms with Crippen molar-refractivity contribution in [2.45, 2.75) is 19.4 Å². The predicted molar refractivity (Wildman–Crippen MR) is 67.6 cm³/mol. The van der Waals surface area contributed by atoms with Gasteiger partial charge in [0.05, 0.1) is 18.2 Å². The number of nitrogens with zero attached hydrogens (tertiary/aromatic N) is 2. The molecule has 1 aromatic carbocycles. The monoisotopic (exact) mass is 231 g/mol. The van der Waals surface area contributed by atoms with Crippen LogP contribution in [-0.4, -0.2) is 24.3 Å². The molecular weight excluding hydrogens is 214 g/mol. The van der Waals surface area contributed by atoms with Crippen LogP contribution in [0, 0.1) is 17.2 Å². The fourth-order valence-corrected chi connectivity index (χ4v) is 2.43. The van der Waals surface area contributed by atoms with Gasteiger partial charge in [0.2, 0.25) is 0 Å². The Kier molecular flexibility index (Phi) is 3.21. The van der Waals surface area contributed by atoms with Crippen LogP contribution < -0.4 is 10.6 Å². The minimum Gasteiger partial charge on any atom is -0.398 e. The van der Waals surface area contributed by atoms with Crippen molar-refractivity contribution in [2.75, 3.05) is 23.8 Å². The second-order valence-corrected chi connectivity index (χ2v) is 4.59. The summed E-state index contributed by atoms with van der Waals surface area (Å²) in [7, 11) is 0. The normalized spacial score (nSPS) is 23.7. The third kappa shape index (κ3) is 2.06. The number of aliphatic hydroxyl groups excluding tert-OH is 1. The minimum absolute atomic E-state index is 0.144. The highest BCUT2D eigenvalue weighted by molar-refractivity contribution is 5.63. The molecule has 0 amide bonds. The first kappa shape index (κ1) is 11.7. The maximum atomic E-state index is 9.42. The second kappa shape index (κ2) is 4.64. The van der Waals surface area contributed by atoms with Gasteiger partial charge in [-0.2, -0.15) is 5.26 Å². The zero-order chi connectivity index (χ0) is 12.4. The maximum absolute atomic E-state index is 9.42. The largest absolute Gasteiger partial charge is 0.398 e. The summed E-state index contributed by atoms with van der Waals surface area (Å²) in [4.78, 5) is 2.16. The maximum Gasteiger partial charge on any atom is 0.101 e. The average molecular weight is 231 g/mol. The van der Waals surface area contributed by atoms with Gasteiger partial charge in [-0.25, -0.2) is 0 Å². The number of benzene rings is 1. The van der Waals surface area contributed by atoms with Gasteiger partial charge in [0, 0.05) is 17.9 Å². The minimum atomic E-state index is 0.144. The van der Waals surface area contributed by atoms with Gasteiger partial charge in [-0.1, -0.05) is 6.92 Å². The Bertz CT molecular complexity index is 452. The van der Waals surface area contributed by atoms with Gasteiger partial charge < -0.3 is 15.7 Å². The highest BCUT2D eigenvalue weighted by atomic mass is 16.3. The third-order valence-corrected chi connectivity index (χ3v) is 3.56. The number of aliphatic hydroxyl groups is 1. The van der Waals surface area contributed by atoms with Crippen LogP contribution in [0.2, 0.25) is 0 Å². The van der Waals surface area contributed by atoms with Crippen LogP contribution >= 0.6 is 0 Å². The highest BCUT2D eigenvalue weighted by Crippen LogP contribution is 2.30. The summed E-state index contributed by atoms with van der Waals surface area (Å²) in [5, 5.41) is 18.4. The van der Waals surface area contributed by atoms with E-state index in [1.54, 1.807) is 12.1 Å². The number of hydrogen-bond acceptors (Lipinski definition) is 4. The summed E-state index contributed by atoms with van der Waals surface area (Å²) in [6.07, 6.45) is 1.07. The van der Waals surface area contributed by atoms with E-state index in [2.05, 4.69) is 17.9 Å². The third-order valence-electron chi connectivity index (χ3n) is 3.56. The first-order valence-electron chi connectivity index (χ1n) is 5.84. The number of anilines is 2. The Morgan fingerprint density at radius 2 is 2.35 bits per heavy atom. The molecule has 0 bridgehead atoms. The molecule has 17 heavy (non-hydrogen) atoms. The molecule has 0 saturated carbocycles. The van der Waals surface area contributed by atoms with Crippen LogP contribution in [-0.2, 0) is 0 Å². The highest BCUT2D eigenvalue weighted by Gasteiger charge is 2.30. The van der Waals surface area contributed by atoms with E-state index in [0.29, 0.717) is 17.2 Å². The molecular formula is C13H17N3O. The van der Waals surface area contributed by atoms with E-state index >= 15 is 0 Å². The lowest BCUT2D eigenvalue weighted by Gasteiger charge is -2.27. The quantitative estimate of drug-likeness (QED) is 0.753. The van der Waals surface area contributed by atoms with Crippen molar-refractivity contribution in [1.29, 1.82) is 5.26 Å². The Labute approximate surface area is 101 Å². The van der Waals surface area contributed by atoms with Crippen molar-refractivity contribution in [3.63, 3.8) is 0 Å². The predicted octanol–water partition coefficient (Wildman–Crippen LogP) is 1.35. The van der Waals surface area contributed by atoms with Gasteiger partial charge >= 0.3 is 0 Å². The van der Waals surface area contributed by atoms with Crippen LogP contribution in [0.5, 0.6) is 0 Å². The molecule has 0 radical (unpaired) electrons. The number of nitrogens with two attached hydrogens (primary N) is 1. The van der Waals surface area contributed by atoms with Crippen LogP contribution in [0.25, 0.3) is 0 Å². The molecule has 1 heterocycles. The fourth-order valence-electron chi connectivity index (χ4n) is 2.43. The number of nitrogen functional groups attached to an aromatic ring is 1. The fraction of sp³-hybridized carbons (Fsp3) is 0.462. The molecule has 0 aromatic heterocycles. The topological polar surface area (TPSA) is 73.3 Å². The zero-order valence-electron chi connectivity index (χ0n) is 9.93. The molecule has 2 atom stereocenters. The molecule has 3 N–H and O–H groups in total. The lowest BCUT2D eigenvalue weighted by Crippen LogP contribution is -2.35. The summed E-state index contributed by atoms with van der Waals surface area (Å²) >= 11 is 0. The molecule has 4 nitrogen and oxygen atoms in total. The van der Waals surface area contributed by atoms with Gasteiger partial charge in [-0.05, 0) is 30.5 Å². The summed E-state index contributed by atoms with van der Waals surface area (Å²) in [5.41, 5.74) is 7.68. The molecule has 1 aliphatic heterocycles. The lowest BCUT2D eigenvalue weighted by molar-refractivity contribution is 0.245. The van der Waals surface area contributed by atoms with Crippen molar-refractivity contribution in [3.05, 3.63) is 23.8 Å². The van der Waals surface area contributed by atoms with Crippen LogP contribution in [0.4, 0.5) is 11.4 Å². The number of nitriles is 1. The van der Waals surface area contributed by atoms with Crippen molar-refractivity contribution < 1.29 is 5.11 Å². The van der Waals surface area contributed by atoms with E-state index in [-0.39, 0.29) is 12.6 Å². The molecule has 4 heteroatoms. The van der Waals surface area contributed by atoms with Gasteiger partial charge in [0.15, 0.2) is 0 Å². The molecule has 0 spiro atoms. The summed E-state index contributed by atoms with van der Waals surface area (Å²) in [5.74, 6) is 0.475. The summed E-state index contributed by atoms with van der Waals surface area (Å²) in [6, 6.07) is 7.70. The van der Waals surface area contributed by atoms with Gasteiger partial charge in [0.1, 0.15) is 6.07 Å². The van der Waals surface area contributed by atoms with Gasteiger partial charge in [-0.3, -0.25) is 0 Å². The van der Waals surface area contributed by atoms with E-state index in [1.165, 1.54) is 0 Å². The van der Waals surface area contributed by atoms with E-state index in [9.17, 15) is 5.11 Å². The number of rotatable bonds is 2. The molecule has 90 valence electrons. The van der Waals surface area contributed by atoms with E-state index in [4.69, 9.17) is 11.0 Å². The van der Waals surface area contributed by atoms with Crippen LogP contribution in [0.3, 0.4) is 0 Å². The molecule has 1 aromatic rings. The summed E-state index contributed by atoms with van der Waals surface area (Å²) < 4.78 is 0. The SMILES string of the molecule is CC1CCN(c2ccc(N)c(C#N)c2)C1CO. The average Bonchev–Trinajstić information content (AvgIpc) is 2.71. The Hall–Kier alpha value is -1.73. The molecule has 2 unspecified atom stereocenters. The Balaban J connectivity index is 2.32. The van der Waals surface area contributed by atoms with Crippen LogP contribution in [0.15, 0.2) is 18.2 Å². The molecule has 1 aliphatic rings. The Morgan fingerprint density at radius 3 is 3.00 bits per heavy atom. The van der Waals surface area contributed by atoms with E-state index < -0.39 is 0 Å². The summed E-state index contributed by atoms with van der Waals surface area (Å²) in [6.45, 7) is 3.21. The first-order chi connectivity index (χ1) is 8.17. The standard InChI is InChI=1S/C13H17N3O/c1-9-4-5-16(13(9)8-17)11-2-3-12(15)10(6-11)7-14/h2-3,6,9,13,17H,4-5,8,15H2,1H3. The smallest absolute Gasteiger partial charge is 0.101 e.